The summed E-state index contributed by atoms with van der Waals surface area (Å²) in [5.74, 6) is 0.988. The Kier molecular flexibility index (Phi) is 9.20. The number of rotatable bonds is 9. The smallest absolute Gasteiger partial charge is 0.341 e. The highest BCUT2D eigenvalue weighted by Crippen LogP contribution is 2.47. The summed E-state index contributed by atoms with van der Waals surface area (Å²) in [6.45, 7) is 6.94. The Bertz CT molecular complexity index is 1770. The average Bonchev–Trinajstić information content (AvgIpc) is 3.76. The summed E-state index contributed by atoms with van der Waals surface area (Å²) in [5, 5.41) is 0.288. The number of carbonyl (C=O) groups excluding carboxylic acids is 2. The lowest BCUT2D eigenvalue weighted by atomic mass is 10.1. The van der Waals surface area contributed by atoms with E-state index in [1.165, 1.54) is 18.9 Å². The second-order valence-electron chi connectivity index (χ2n) is 9.05. The molecule has 0 fully saturated rings. The van der Waals surface area contributed by atoms with Gasteiger partial charge in [-0.1, -0.05) is 24.9 Å². The van der Waals surface area contributed by atoms with E-state index in [9.17, 15) is 9.59 Å². The first-order valence-electron chi connectivity index (χ1n) is 13.7. The van der Waals surface area contributed by atoms with Crippen molar-refractivity contribution in [2.75, 3.05) is 26.6 Å². The van der Waals surface area contributed by atoms with Gasteiger partial charge in [-0.3, -0.25) is 0 Å². The van der Waals surface area contributed by atoms with Crippen molar-refractivity contribution in [3.05, 3.63) is 53.5 Å². The molecule has 5 aromatic rings. The number of aromatic amines is 2. The van der Waals surface area contributed by atoms with Crippen LogP contribution in [0.1, 0.15) is 54.3 Å². The molecule has 0 atom stereocenters. The van der Waals surface area contributed by atoms with Crippen molar-refractivity contribution in [2.45, 2.75) is 33.6 Å². The predicted octanol–water partition coefficient (Wildman–Crippen LogP) is 5.50. The third-order valence-corrected chi connectivity index (χ3v) is 6.65. The lowest BCUT2D eigenvalue weighted by Crippen LogP contribution is -2.04. The lowest BCUT2D eigenvalue weighted by molar-refractivity contribution is 0.0518. The molecule has 0 aliphatic carbocycles. The Labute approximate surface area is 250 Å². The highest BCUT2D eigenvalue weighted by Gasteiger charge is 2.27. The largest absolute Gasteiger partial charge is 0.493 e. The molecule has 0 saturated heterocycles. The van der Waals surface area contributed by atoms with Crippen LogP contribution in [0.15, 0.2) is 37.2 Å². The number of aromatic nitrogens is 6. The maximum atomic E-state index is 12.2. The van der Waals surface area contributed by atoms with Gasteiger partial charge in [0.05, 0.1) is 30.9 Å². The molecule has 4 aromatic heterocycles. The third-order valence-electron chi connectivity index (χ3n) is 6.36. The van der Waals surface area contributed by atoms with Gasteiger partial charge in [-0.2, -0.15) is 0 Å². The Morgan fingerprint density at radius 1 is 0.884 bits per heavy atom. The van der Waals surface area contributed by atoms with Crippen LogP contribution in [0.5, 0.6) is 17.2 Å². The van der Waals surface area contributed by atoms with Gasteiger partial charge in [-0.15, -0.1) is 0 Å². The van der Waals surface area contributed by atoms with Crippen LogP contribution >= 0.6 is 11.6 Å². The quantitative estimate of drug-likeness (QED) is 0.123. The van der Waals surface area contributed by atoms with Crippen LogP contribution in [0, 0.1) is 0 Å². The van der Waals surface area contributed by atoms with Crippen LogP contribution in [0.2, 0.25) is 5.15 Å². The normalized spacial score (nSPS) is 11.7. The monoisotopic (exact) mass is 608 g/mol. The maximum absolute atomic E-state index is 12.2. The van der Waals surface area contributed by atoms with Crippen LogP contribution < -0.4 is 14.2 Å². The fraction of sp³-hybridized carbons (Fsp3) is 0.310. The number of halogens is 1. The second-order valence-corrected chi connectivity index (χ2v) is 9.41. The van der Waals surface area contributed by atoms with Crippen LogP contribution in [-0.4, -0.2) is 68.5 Å². The molecule has 0 radical (unpaired) electrons. The molecule has 2 N–H and O–H groups in total. The zero-order valence-electron chi connectivity index (χ0n) is 23.7. The molecule has 5 heterocycles. The molecule has 0 saturated carbocycles. The summed E-state index contributed by atoms with van der Waals surface area (Å²) in [5.41, 5.74) is 4.10. The molecule has 1 aliphatic heterocycles. The van der Waals surface area contributed by atoms with Crippen molar-refractivity contribution in [3.63, 3.8) is 0 Å². The Morgan fingerprint density at radius 3 is 2.21 bits per heavy atom. The van der Waals surface area contributed by atoms with Gasteiger partial charge in [-0.25, -0.2) is 29.5 Å². The van der Waals surface area contributed by atoms with Gasteiger partial charge in [0.1, 0.15) is 51.8 Å². The molecule has 6 rings (SSSR count). The molecule has 1 aliphatic rings. The molecular formula is C29H29ClN6O7. The number of nitrogens with one attached hydrogen (secondary N) is 2. The van der Waals surface area contributed by atoms with Gasteiger partial charge in [0.25, 0.3) is 0 Å². The zero-order valence-corrected chi connectivity index (χ0v) is 24.5. The number of ether oxygens (including phenoxy) is 5. The van der Waals surface area contributed by atoms with Gasteiger partial charge in [0, 0.05) is 12.4 Å². The van der Waals surface area contributed by atoms with E-state index >= 15 is 0 Å². The van der Waals surface area contributed by atoms with Gasteiger partial charge in [-0.05, 0) is 32.4 Å². The highest BCUT2D eigenvalue weighted by molar-refractivity contribution is 6.34. The van der Waals surface area contributed by atoms with Crippen LogP contribution in [0.25, 0.3) is 33.3 Å². The molecule has 0 amide bonds. The van der Waals surface area contributed by atoms with Gasteiger partial charge in [0.2, 0.25) is 6.79 Å². The molecule has 0 bridgehead atoms. The topological polar surface area (TPSA) is 163 Å². The number of benzene rings is 1. The van der Waals surface area contributed by atoms with E-state index in [2.05, 4.69) is 36.8 Å². The summed E-state index contributed by atoms with van der Waals surface area (Å²) < 4.78 is 27.2. The number of H-pyrrole nitrogens is 2. The summed E-state index contributed by atoms with van der Waals surface area (Å²) in [7, 11) is 0. The first-order chi connectivity index (χ1) is 21.0. The van der Waals surface area contributed by atoms with E-state index in [4.69, 9.17) is 35.3 Å². The highest BCUT2D eigenvalue weighted by atomic mass is 35.5. The van der Waals surface area contributed by atoms with E-state index in [1.54, 1.807) is 20.0 Å². The number of unbranched alkanes of at least 4 members (excludes halogenated alkanes) is 1. The standard InChI is InChI=1S/C20H21N3O5.C9H8ClN3O2/c1-3-5-8-26-13-6-7-14-19(28-11-27-14)15(13)17-18-16(22-10-23-17)12(9-21-18)20(24)25-4-2;1-2-15-9(14)5-3-11-7-6(5)12-4-13-8(7)10/h6-7,9-10,21H,3-5,8,11H2,1-2H3;3-4,11H,2H2,1H3. The summed E-state index contributed by atoms with van der Waals surface area (Å²) in [4.78, 5) is 46.1. The van der Waals surface area contributed by atoms with Gasteiger partial charge < -0.3 is 33.7 Å². The van der Waals surface area contributed by atoms with Gasteiger partial charge in [0.15, 0.2) is 16.7 Å². The number of hydrogen-bond acceptors (Lipinski definition) is 11. The first kappa shape index (κ1) is 29.6. The van der Waals surface area contributed by atoms with Crippen molar-refractivity contribution >= 4 is 45.6 Å². The SMILES string of the molecule is CCCCOc1ccc2c(c1-c1ncnc3c(C(=O)OCC)c[nH]c13)OCO2.CCOC(=O)c1c[nH]c2c(Cl)ncnc12. The van der Waals surface area contributed by atoms with Crippen LogP contribution in [0.4, 0.5) is 0 Å². The minimum Gasteiger partial charge on any atom is -0.493 e. The summed E-state index contributed by atoms with van der Waals surface area (Å²) in [6, 6.07) is 3.67. The minimum absolute atomic E-state index is 0.133. The van der Waals surface area contributed by atoms with Crippen molar-refractivity contribution in [1.82, 2.24) is 29.9 Å². The molecule has 0 spiro atoms. The summed E-state index contributed by atoms with van der Waals surface area (Å²) >= 11 is 5.82. The molecule has 0 unspecified atom stereocenters. The molecule has 14 heteroatoms. The Balaban J connectivity index is 0.000000207. The fourth-order valence-corrected chi connectivity index (χ4v) is 4.58. The number of esters is 2. The predicted molar refractivity (Wildman–Crippen MR) is 157 cm³/mol. The molecule has 1 aromatic carbocycles. The third kappa shape index (κ3) is 6.02. The lowest BCUT2D eigenvalue weighted by Gasteiger charge is -2.13. The number of carbonyl (C=O) groups is 2. The number of fused-ring (bicyclic) bond motifs is 3. The van der Waals surface area contributed by atoms with E-state index < -0.39 is 11.9 Å². The van der Waals surface area contributed by atoms with Crippen molar-refractivity contribution in [1.29, 1.82) is 0 Å². The minimum atomic E-state index is -0.435. The van der Waals surface area contributed by atoms with Gasteiger partial charge >= 0.3 is 11.9 Å². The second kappa shape index (κ2) is 13.4. The first-order valence-corrected chi connectivity index (χ1v) is 14.1. The fourth-order valence-electron chi connectivity index (χ4n) is 4.39. The van der Waals surface area contributed by atoms with E-state index in [-0.39, 0.29) is 18.6 Å². The molecule has 43 heavy (non-hydrogen) atoms. The van der Waals surface area contributed by atoms with Crippen LogP contribution in [-0.2, 0) is 9.47 Å². The Hall–Kier alpha value is -4.91. The molecular weight excluding hydrogens is 580 g/mol. The van der Waals surface area contributed by atoms with Crippen LogP contribution in [0.3, 0.4) is 0 Å². The van der Waals surface area contributed by atoms with E-state index in [1.807, 2.05) is 12.1 Å². The van der Waals surface area contributed by atoms with E-state index in [0.29, 0.717) is 74.9 Å². The Morgan fingerprint density at radius 2 is 1.53 bits per heavy atom. The average molecular weight is 609 g/mol. The number of hydrogen-bond donors (Lipinski definition) is 2. The maximum Gasteiger partial charge on any atom is 0.341 e. The summed E-state index contributed by atoms with van der Waals surface area (Å²) in [6.07, 6.45) is 7.78. The van der Waals surface area contributed by atoms with Crippen molar-refractivity contribution < 1.29 is 33.3 Å². The van der Waals surface area contributed by atoms with Crippen molar-refractivity contribution in [2.24, 2.45) is 0 Å². The van der Waals surface area contributed by atoms with Crippen molar-refractivity contribution in [3.8, 4) is 28.5 Å². The van der Waals surface area contributed by atoms with E-state index in [0.717, 1.165) is 12.8 Å². The zero-order chi connectivity index (χ0) is 30.3. The molecule has 224 valence electrons. The molecule has 13 nitrogen and oxygen atoms in total. The number of nitrogens with zero attached hydrogens (tertiary/aromatic N) is 4.